The Labute approximate surface area is 281 Å². The molecule has 2 aromatic rings. The second kappa shape index (κ2) is 27.5. The van der Waals surface area contributed by atoms with Crippen LogP contribution in [0.25, 0.3) is 0 Å². The normalized spacial score (nSPS) is 11.3. The molecular formula is C34H50O14. The lowest BCUT2D eigenvalue weighted by Crippen LogP contribution is -2.44. The first-order chi connectivity index (χ1) is 22.4. The van der Waals surface area contributed by atoms with Crippen molar-refractivity contribution in [1.82, 2.24) is 0 Å². The van der Waals surface area contributed by atoms with Gasteiger partial charge in [0.05, 0.1) is 44.6 Å². The highest BCUT2D eigenvalue weighted by Crippen LogP contribution is 2.27. The summed E-state index contributed by atoms with van der Waals surface area (Å²) in [5, 5.41) is 68.5. The molecule has 270 valence electrons. The van der Waals surface area contributed by atoms with Crippen LogP contribution >= 0.6 is 0 Å². The molecule has 1 fully saturated rings. The minimum atomic E-state index is -0.981. The maximum absolute atomic E-state index is 9.60. The molecule has 0 aliphatic carbocycles. The number of benzene rings is 2. The van der Waals surface area contributed by atoms with Crippen LogP contribution in [-0.4, -0.2) is 112 Å². The second-order valence-electron chi connectivity index (χ2n) is 9.84. The van der Waals surface area contributed by atoms with E-state index in [2.05, 4.69) is 24.5 Å². The van der Waals surface area contributed by atoms with E-state index in [0.717, 1.165) is 30.4 Å². The Hall–Kier alpha value is -4.57. The van der Waals surface area contributed by atoms with Gasteiger partial charge < -0.3 is 55.1 Å². The summed E-state index contributed by atoms with van der Waals surface area (Å²) < 4.78 is 14.8. The standard InChI is InChI=1S/C14H14O3.C7H16O4.2C4H6O2.C3H4O2.C2H4O/c1-17-14(10-2-6-12(15)7-3-10)11-4-8-13(16)9-5-11;1-6(11-2)7(3-8,4-9)5-10;2*1-3(2)4(5)6;1-2-3(4)5;1-2-3-1/h2-9,14-16H,1H3;6,8-10H,3-5H2,1-2H3;2*1H2,2H3,(H,5,6);2H,1H2,(H,4,5);1-2H2. The maximum atomic E-state index is 9.60. The van der Waals surface area contributed by atoms with Gasteiger partial charge in [-0.1, -0.05) is 44.0 Å². The van der Waals surface area contributed by atoms with E-state index in [1.165, 1.54) is 21.0 Å². The molecule has 1 unspecified atom stereocenters. The van der Waals surface area contributed by atoms with Crippen molar-refractivity contribution >= 4 is 17.9 Å². The first-order valence-electron chi connectivity index (χ1n) is 14.1. The number of aliphatic carboxylic acids is 3. The van der Waals surface area contributed by atoms with Gasteiger partial charge in [-0.15, -0.1) is 0 Å². The van der Waals surface area contributed by atoms with Gasteiger partial charge in [0.15, 0.2) is 0 Å². The second-order valence-corrected chi connectivity index (χ2v) is 9.84. The summed E-state index contributed by atoms with van der Waals surface area (Å²) >= 11 is 0. The van der Waals surface area contributed by atoms with E-state index in [1.807, 2.05) is 24.3 Å². The number of carboxylic acids is 3. The minimum Gasteiger partial charge on any atom is -0.508 e. The summed E-state index contributed by atoms with van der Waals surface area (Å²) in [6, 6.07) is 13.8. The SMILES string of the molecule is C1CO1.C=C(C)C(=O)O.C=C(C)C(=O)O.C=CC(=O)O.COC(C)C(CO)(CO)CO.COC(c1ccc(O)cc1)c1ccc(O)cc1. The number of ether oxygens (including phenoxy) is 3. The van der Waals surface area contributed by atoms with Crippen molar-refractivity contribution in [2.24, 2.45) is 5.41 Å². The third-order valence-corrected chi connectivity index (χ3v) is 5.90. The molecule has 0 radical (unpaired) electrons. The third-order valence-electron chi connectivity index (χ3n) is 5.90. The third kappa shape index (κ3) is 23.7. The summed E-state index contributed by atoms with van der Waals surface area (Å²) in [7, 11) is 3.10. The number of phenols is 2. The molecule has 1 aliphatic heterocycles. The van der Waals surface area contributed by atoms with Gasteiger partial charge in [0, 0.05) is 31.4 Å². The highest BCUT2D eigenvalue weighted by molar-refractivity contribution is 5.85. The molecule has 8 N–H and O–H groups in total. The molecule has 1 saturated heterocycles. The molecule has 48 heavy (non-hydrogen) atoms. The van der Waals surface area contributed by atoms with E-state index >= 15 is 0 Å². The van der Waals surface area contributed by atoms with Crippen LogP contribution in [0.5, 0.6) is 11.5 Å². The van der Waals surface area contributed by atoms with E-state index in [-0.39, 0.29) is 54.7 Å². The fourth-order valence-electron chi connectivity index (χ4n) is 2.55. The monoisotopic (exact) mass is 682 g/mol. The van der Waals surface area contributed by atoms with Crippen LogP contribution in [0.15, 0.2) is 85.5 Å². The Balaban J connectivity index is -0.000000562. The summed E-state index contributed by atoms with van der Waals surface area (Å²) in [5.41, 5.74) is 1.34. The number of aromatic hydroxyl groups is 2. The van der Waals surface area contributed by atoms with Crippen molar-refractivity contribution in [3.05, 3.63) is 96.6 Å². The fourth-order valence-corrected chi connectivity index (χ4v) is 2.55. The molecule has 1 heterocycles. The van der Waals surface area contributed by atoms with E-state index in [1.54, 1.807) is 38.3 Å². The molecule has 0 aromatic heterocycles. The highest BCUT2D eigenvalue weighted by atomic mass is 16.6. The van der Waals surface area contributed by atoms with Crippen molar-refractivity contribution < 1.29 is 69.4 Å². The van der Waals surface area contributed by atoms with Crippen LogP contribution in [0.2, 0.25) is 0 Å². The summed E-state index contributed by atoms with van der Waals surface area (Å²) in [6.07, 6.45) is 0.277. The lowest BCUT2D eigenvalue weighted by molar-refractivity contribution is -0.133. The van der Waals surface area contributed by atoms with E-state index in [9.17, 15) is 24.6 Å². The molecule has 0 bridgehead atoms. The number of phenolic OH excluding ortho intramolecular Hbond substituents is 2. The number of hydrogen-bond acceptors (Lipinski definition) is 11. The number of carboxylic acid groups (broad SMARTS) is 3. The largest absolute Gasteiger partial charge is 0.508 e. The van der Waals surface area contributed by atoms with Gasteiger partial charge in [-0.05, 0) is 56.2 Å². The van der Waals surface area contributed by atoms with E-state index < -0.39 is 23.3 Å². The van der Waals surface area contributed by atoms with Crippen molar-refractivity contribution in [3.8, 4) is 11.5 Å². The predicted molar refractivity (Wildman–Crippen MR) is 179 cm³/mol. The quantitative estimate of drug-likeness (QED) is 0.125. The molecule has 0 amide bonds. The molecular weight excluding hydrogens is 632 g/mol. The molecule has 3 rings (SSSR count). The number of methoxy groups -OCH3 is 2. The number of rotatable bonds is 11. The van der Waals surface area contributed by atoms with Gasteiger partial charge in [-0.25, -0.2) is 14.4 Å². The predicted octanol–water partition coefficient (Wildman–Crippen LogP) is 3.39. The van der Waals surface area contributed by atoms with Gasteiger partial charge in [0.1, 0.15) is 17.6 Å². The van der Waals surface area contributed by atoms with E-state index in [0.29, 0.717) is 0 Å². The van der Waals surface area contributed by atoms with Crippen molar-refractivity contribution in [2.45, 2.75) is 33.0 Å². The Morgan fingerprint density at radius 3 is 1.17 bits per heavy atom. The van der Waals surface area contributed by atoms with Crippen LogP contribution in [-0.2, 0) is 28.6 Å². The Bertz CT molecular complexity index is 1110. The van der Waals surface area contributed by atoms with Gasteiger partial charge >= 0.3 is 17.9 Å². The molecule has 14 nitrogen and oxygen atoms in total. The zero-order valence-electron chi connectivity index (χ0n) is 28.0. The van der Waals surface area contributed by atoms with Gasteiger partial charge in [-0.2, -0.15) is 0 Å². The molecule has 2 aromatic carbocycles. The minimum absolute atomic E-state index is 0.176. The first kappa shape index (κ1) is 47.8. The van der Waals surface area contributed by atoms with E-state index in [4.69, 9.17) is 40.1 Å². The molecule has 0 spiro atoms. The molecule has 1 aliphatic rings. The number of hydrogen-bond donors (Lipinski definition) is 8. The lowest BCUT2D eigenvalue weighted by atomic mass is 9.85. The van der Waals surface area contributed by atoms with Crippen LogP contribution in [0.1, 0.15) is 38.0 Å². The van der Waals surface area contributed by atoms with Crippen molar-refractivity contribution in [2.75, 3.05) is 47.3 Å². The smallest absolute Gasteiger partial charge is 0.330 e. The number of epoxide rings is 1. The molecule has 0 saturated carbocycles. The van der Waals surface area contributed by atoms with Crippen LogP contribution in [0.3, 0.4) is 0 Å². The van der Waals surface area contributed by atoms with Crippen LogP contribution in [0.4, 0.5) is 0 Å². The average molecular weight is 683 g/mol. The average Bonchev–Trinajstić information content (AvgIpc) is 3.95. The molecule has 1 atom stereocenters. The van der Waals surface area contributed by atoms with Crippen LogP contribution < -0.4 is 0 Å². The first-order valence-corrected chi connectivity index (χ1v) is 14.1. The summed E-state index contributed by atoms with van der Waals surface area (Å²) in [5.74, 6) is -2.39. The number of aliphatic hydroxyl groups excluding tert-OH is 3. The zero-order valence-corrected chi connectivity index (χ0v) is 28.0. The van der Waals surface area contributed by atoms with Gasteiger partial charge in [-0.3, -0.25) is 0 Å². The van der Waals surface area contributed by atoms with Gasteiger partial charge in [0.2, 0.25) is 0 Å². The molecule has 14 heteroatoms. The zero-order chi connectivity index (χ0) is 37.9. The van der Waals surface area contributed by atoms with Gasteiger partial charge in [0.25, 0.3) is 0 Å². The number of aliphatic hydroxyl groups is 3. The Morgan fingerprint density at radius 2 is 1.04 bits per heavy atom. The van der Waals surface area contributed by atoms with Crippen molar-refractivity contribution in [3.63, 3.8) is 0 Å². The van der Waals surface area contributed by atoms with Crippen LogP contribution in [0, 0.1) is 5.41 Å². The maximum Gasteiger partial charge on any atom is 0.330 e. The Kier molecular flexibility index (Phi) is 27.4. The Morgan fingerprint density at radius 1 is 0.771 bits per heavy atom. The summed E-state index contributed by atoms with van der Waals surface area (Å²) in [6.45, 7) is 15.0. The fraction of sp³-hybridized carbons (Fsp3) is 0.382. The van der Waals surface area contributed by atoms with Crippen molar-refractivity contribution in [1.29, 1.82) is 0 Å². The lowest BCUT2D eigenvalue weighted by Gasteiger charge is -2.32. The number of carbonyl (C=O) groups is 3. The summed E-state index contributed by atoms with van der Waals surface area (Å²) in [4.78, 5) is 28.4. The highest BCUT2D eigenvalue weighted by Gasteiger charge is 2.34. The topological polar surface area (TPSA) is 244 Å².